The number of carbonyl (C=O) groups is 1. The Morgan fingerprint density at radius 1 is 1.40 bits per heavy atom. The maximum absolute atomic E-state index is 12.5. The van der Waals surface area contributed by atoms with Crippen LogP contribution in [0.1, 0.15) is 24.3 Å². The molecule has 0 aliphatic rings. The number of fused-ring (bicyclic) bond motifs is 1. The Balaban J connectivity index is 2.41. The highest BCUT2D eigenvalue weighted by molar-refractivity contribution is 5.99. The van der Waals surface area contributed by atoms with E-state index in [1.807, 2.05) is 38.1 Å². The number of pyridine rings is 1. The average Bonchev–Trinajstić information content (AvgIpc) is 2.43. The standard InChI is InChI=1S/C16H19N3O/c1-4-19(10-11(2)3)16(20)15-9-13(17)12-7-5-6-8-14(12)18-15/h5-9H,2,4,10H2,1,3H3,(H2,17,18). The molecule has 2 rings (SSSR count). The number of rotatable bonds is 4. The van der Waals surface area contributed by atoms with Crippen molar-refractivity contribution in [2.24, 2.45) is 0 Å². The number of aromatic nitrogens is 1. The van der Waals surface area contributed by atoms with Gasteiger partial charge in [0.1, 0.15) is 5.69 Å². The Morgan fingerprint density at radius 2 is 2.10 bits per heavy atom. The monoisotopic (exact) mass is 269 g/mol. The number of nitrogens with two attached hydrogens (primary N) is 1. The highest BCUT2D eigenvalue weighted by atomic mass is 16.2. The number of nitrogens with zero attached hydrogens (tertiary/aromatic N) is 2. The topological polar surface area (TPSA) is 59.2 Å². The largest absolute Gasteiger partial charge is 0.398 e. The van der Waals surface area contributed by atoms with Gasteiger partial charge in [0.05, 0.1) is 5.52 Å². The lowest BCUT2D eigenvalue weighted by Gasteiger charge is -2.20. The fourth-order valence-electron chi connectivity index (χ4n) is 2.13. The van der Waals surface area contributed by atoms with E-state index >= 15 is 0 Å². The zero-order valence-corrected chi connectivity index (χ0v) is 11.9. The molecule has 0 saturated heterocycles. The van der Waals surface area contributed by atoms with Crippen molar-refractivity contribution >= 4 is 22.5 Å². The molecular formula is C16H19N3O. The minimum Gasteiger partial charge on any atom is -0.398 e. The summed E-state index contributed by atoms with van der Waals surface area (Å²) in [6.07, 6.45) is 0. The van der Waals surface area contributed by atoms with Gasteiger partial charge in [0, 0.05) is 24.2 Å². The third-order valence-corrected chi connectivity index (χ3v) is 3.10. The van der Waals surface area contributed by atoms with E-state index in [2.05, 4.69) is 11.6 Å². The van der Waals surface area contributed by atoms with Gasteiger partial charge < -0.3 is 10.6 Å². The van der Waals surface area contributed by atoms with Gasteiger partial charge in [0.2, 0.25) is 0 Å². The maximum Gasteiger partial charge on any atom is 0.272 e. The number of anilines is 1. The average molecular weight is 269 g/mol. The molecule has 0 fully saturated rings. The van der Waals surface area contributed by atoms with Crippen LogP contribution in [0.3, 0.4) is 0 Å². The molecule has 1 amide bonds. The van der Waals surface area contributed by atoms with Gasteiger partial charge in [-0.05, 0) is 26.0 Å². The number of benzene rings is 1. The van der Waals surface area contributed by atoms with Gasteiger partial charge in [0.15, 0.2) is 0 Å². The number of nitrogen functional groups attached to an aromatic ring is 1. The fraction of sp³-hybridized carbons (Fsp3) is 0.250. The van der Waals surface area contributed by atoms with Crippen LogP contribution in [0.5, 0.6) is 0 Å². The van der Waals surface area contributed by atoms with Gasteiger partial charge in [-0.3, -0.25) is 4.79 Å². The summed E-state index contributed by atoms with van der Waals surface area (Å²) in [6.45, 7) is 8.83. The second-order valence-corrected chi connectivity index (χ2v) is 4.89. The van der Waals surface area contributed by atoms with E-state index in [9.17, 15) is 4.79 Å². The lowest BCUT2D eigenvalue weighted by Crippen LogP contribution is -2.32. The summed E-state index contributed by atoms with van der Waals surface area (Å²) in [5, 5.41) is 0.868. The van der Waals surface area contributed by atoms with Gasteiger partial charge in [-0.15, -0.1) is 0 Å². The minimum absolute atomic E-state index is 0.118. The molecule has 0 atom stereocenters. The van der Waals surface area contributed by atoms with Crippen LogP contribution in [-0.4, -0.2) is 28.9 Å². The molecule has 0 unspecified atom stereocenters. The summed E-state index contributed by atoms with van der Waals surface area (Å²) >= 11 is 0. The number of carbonyl (C=O) groups excluding carboxylic acids is 1. The number of likely N-dealkylation sites (N-methyl/N-ethyl adjacent to an activating group) is 1. The number of hydrogen-bond acceptors (Lipinski definition) is 3. The Bertz CT molecular complexity index is 664. The zero-order valence-electron chi connectivity index (χ0n) is 11.9. The molecule has 0 aliphatic heterocycles. The van der Waals surface area contributed by atoms with Crippen molar-refractivity contribution in [3.8, 4) is 0 Å². The number of para-hydroxylation sites is 1. The van der Waals surface area contributed by atoms with Crippen LogP contribution >= 0.6 is 0 Å². The zero-order chi connectivity index (χ0) is 14.7. The van der Waals surface area contributed by atoms with E-state index in [1.165, 1.54) is 0 Å². The van der Waals surface area contributed by atoms with E-state index in [0.717, 1.165) is 16.5 Å². The van der Waals surface area contributed by atoms with E-state index in [0.29, 0.717) is 24.5 Å². The highest BCUT2D eigenvalue weighted by Crippen LogP contribution is 2.20. The molecule has 104 valence electrons. The van der Waals surface area contributed by atoms with Gasteiger partial charge in [-0.2, -0.15) is 0 Å². The quantitative estimate of drug-likeness (QED) is 0.868. The van der Waals surface area contributed by atoms with Gasteiger partial charge in [0.25, 0.3) is 5.91 Å². The first kappa shape index (κ1) is 14.1. The van der Waals surface area contributed by atoms with E-state index < -0.39 is 0 Å². The first-order valence-electron chi connectivity index (χ1n) is 6.61. The Morgan fingerprint density at radius 3 is 2.75 bits per heavy atom. The van der Waals surface area contributed by atoms with Crippen LogP contribution in [-0.2, 0) is 0 Å². The van der Waals surface area contributed by atoms with Crippen LogP contribution in [0.2, 0.25) is 0 Å². The molecule has 20 heavy (non-hydrogen) atoms. The summed E-state index contributed by atoms with van der Waals surface area (Å²) < 4.78 is 0. The SMILES string of the molecule is C=C(C)CN(CC)C(=O)c1cc(N)c2ccccc2n1. The van der Waals surface area contributed by atoms with Gasteiger partial charge in [-0.25, -0.2) is 4.98 Å². The smallest absolute Gasteiger partial charge is 0.272 e. The van der Waals surface area contributed by atoms with E-state index in [-0.39, 0.29) is 5.91 Å². The minimum atomic E-state index is -0.118. The summed E-state index contributed by atoms with van der Waals surface area (Å²) in [7, 11) is 0. The van der Waals surface area contributed by atoms with Crippen LogP contribution in [0.15, 0.2) is 42.5 Å². The molecule has 4 heteroatoms. The molecule has 0 saturated carbocycles. The summed E-state index contributed by atoms with van der Waals surface area (Å²) in [6, 6.07) is 9.19. The van der Waals surface area contributed by atoms with Crippen LogP contribution < -0.4 is 5.73 Å². The van der Waals surface area contributed by atoms with E-state index in [4.69, 9.17) is 5.73 Å². The third-order valence-electron chi connectivity index (χ3n) is 3.10. The molecule has 2 aromatic rings. The molecule has 0 aliphatic carbocycles. The maximum atomic E-state index is 12.5. The molecule has 2 N–H and O–H groups in total. The second-order valence-electron chi connectivity index (χ2n) is 4.89. The molecule has 0 spiro atoms. The number of hydrogen-bond donors (Lipinski definition) is 1. The Labute approximate surface area is 118 Å². The molecule has 1 aromatic carbocycles. The fourth-order valence-corrected chi connectivity index (χ4v) is 2.13. The predicted octanol–water partition coefficient (Wildman–Crippen LogP) is 2.86. The Kier molecular flexibility index (Phi) is 4.03. The molecule has 1 heterocycles. The molecule has 1 aromatic heterocycles. The van der Waals surface area contributed by atoms with Gasteiger partial charge >= 0.3 is 0 Å². The van der Waals surface area contributed by atoms with Crippen molar-refractivity contribution in [1.29, 1.82) is 0 Å². The molecule has 4 nitrogen and oxygen atoms in total. The summed E-state index contributed by atoms with van der Waals surface area (Å²) in [5.74, 6) is -0.118. The van der Waals surface area contributed by atoms with Crippen LogP contribution in [0.4, 0.5) is 5.69 Å². The van der Waals surface area contributed by atoms with Crippen molar-refractivity contribution in [1.82, 2.24) is 9.88 Å². The third kappa shape index (κ3) is 2.79. The van der Waals surface area contributed by atoms with Crippen molar-refractivity contribution in [3.63, 3.8) is 0 Å². The van der Waals surface area contributed by atoms with Crippen molar-refractivity contribution in [2.45, 2.75) is 13.8 Å². The summed E-state index contributed by atoms with van der Waals surface area (Å²) in [5.41, 5.74) is 8.64. The van der Waals surface area contributed by atoms with Crippen LogP contribution in [0, 0.1) is 0 Å². The predicted molar refractivity (Wildman–Crippen MR) is 82.5 cm³/mol. The lowest BCUT2D eigenvalue weighted by molar-refractivity contribution is 0.0773. The van der Waals surface area contributed by atoms with E-state index in [1.54, 1.807) is 11.0 Å². The number of amides is 1. The van der Waals surface area contributed by atoms with Crippen LogP contribution in [0.25, 0.3) is 10.9 Å². The first-order valence-corrected chi connectivity index (χ1v) is 6.61. The molecular weight excluding hydrogens is 250 g/mol. The van der Waals surface area contributed by atoms with Crippen molar-refractivity contribution < 1.29 is 4.79 Å². The van der Waals surface area contributed by atoms with Crippen molar-refractivity contribution in [2.75, 3.05) is 18.8 Å². The van der Waals surface area contributed by atoms with Crippen molar-refractivity contribution in [3.05, 3.63) is 48.2 Å². The first-order chi connectivity index (χ1) is 9.52. The summed E-state index contributed by atoms with van der Waals surface area (Å²) in [4.78, 5) is 18.6. The molecule has 0 radical (unpaired) electrons. The lowest BCUT2D eigenvalue weighted by atomic mass is 10.1. The normalized spacial score (nSPS) is 10.5. The second kappa shape index (κ2) is 5.74. The molecule has 0 bridgehead atoms. The Hall–Kier alpha value is -2.36. The van der Waals surface area contributed by atoms with Gasteiger partial charge in [-0.1, -0.05) is 30.4 Å². The highest BCUT2D eigenvalue weighted by Gasteiger charge is 2.17.